The number of nitrogens with zero attached hydrogens (tertiary/aromatic N) is 1. The highest BCUT2D eigenvalue weighted by Crippen LogP contribution is 2.42. The van der Waals surface area contributed by atoms with Gasteiger partial charge in [0.15, 0.2) is 5.58 Å². The summed E-state index contributed by atoms with van der Waals surface area (Å²) in [5, 5.41) is 0. The molecule has 14 heavy (non-hydrogen) atoms. The van der Waals surface area contributed by atoms with E-state index in [9.17, 15) is 0 Å². The first-order chi connectivity index (χ1) is 6.63. The molecule has 2 nitrogen and oxygen atoms in total. The second-order valence-electron chi connectivity index (χ2n) is 3.06. The van der Waals surface area contributed by atoms with E-state index in [1.54, 1.807) is 0 Å². The maximum absolute atomic E-state index is 5.57. The molecule has 0 amide bonds. The fourth-order valence-corrected chi connectivity index (χ4v) is 1.60. The molecule has 0 aliphatic heterocycles. The van der Waals surface area contributed by atoms with Gasteiger partial charge in [0.1, 0.15) is 9.60 Å². The molecule has 0 bridgehead atoms. The molecular weight excluding hydrogens is 234 g/mol. The predicted molar refractivity (Wildman–Crippen MR) is 66.9 cm³/mol. The van der Waals surface area contributed by atoms with Crippen LogP contribution in [0.25, 0.3) is 11.1 Å². The predicted octanol–water partition coefficient (Wildman–Crippen LogP) is 3.51. The van der Waals surface area contributed by atoms with Crippen LogP contribution in [0.1, 0.15) is 12.8 Å². The highest BCUT2D eigenvalue weighted by atomic mass is 33.1. The van der Waals surface area contributed by atoms with Gasteiger partial charge in [0.05, 0.1) is 0 Å². The van der Waals surface area contributed by atoms with E-state index in [1.165, 1.54) is 10.8 Å². The molecule has 2 aromatic rings. The first-order valence-corrected chi connectivity index (χ1v) is 6.36. The SMILES string of the molecule is CC(S)(SS)c1nc2ccccc2o1. The summed E-state index contributed by atoms with van der Waals surface area (Å²) >= 11 is 8.55. The summed E-state index contributed by atoms with van der Waals surface area (Å²) in [7, 11) is 1.30. The summed E-state index contributed by atoms with van der Waals surface area (Å²) < 4.78 is 5.07. The Bertz CT molecular complexity index is 419. The van der Waals surface area contributed by atoms with Gasteiger partial charge in [-0.2, -0.15) is 12.6 Å². The fraction of sp³-hybridized carbons (Fsp3) is 0.222. The largest absolute Gasteiger partial charge is 0.438 e. The van der Waals surface area contributed by atoms with Crippen LogP contribution in [0.5, 0.6) is 0 Å². The van der Waals surface area contributed by atoms with Gasteiger partial charge in [0.2, 0.25) is 5.89 Å². The molecule has 2 rings (SSSR count). The normalized spacial score (nSPS) is 15.6. The van der Waals surface area contributed by atoms with Crippen molar-refractivity contribution in [3.63, 3.8) is 0 Å². The number of benzene rings is 1. The molecule has 0 N–H and O–H groups in total. The minimum Gasteiger partial charge on any atom is -0.438 e. The first-order valence-electron chi connectivity index (χ1n) is 4.04. The number of rotatable bonds is 2. The van der Waals surface area contributed by atoms with Gasteiger partial charge < -0.3 is 4.42 Å². The molecule has 1 aromatic carbocycles. The maximum Gasteiger partial charge on any atom is 0.222 e. The molecule has 1 heterocycles. The zero-order valence-corrected chi connectivity index (χ0v) is 10.1. The molecule has 0 aliphatic rings. The van der Waals surface area contributed by atoms with E-state index in [0.29, 0.717) is 5.89 Å². The average Bonchev–Trinajstić information content (AvgIpc) is 2.61. The van der Waals surface area contributed by atoms with E-state index in [2.05, 4.69) is 29.3 Å². The number of thiol groups is 2. The van der Waals surface area contributed by atoms with Crippen molar-refractivity contribution in [1.29, 1.82) is 0 Å². The number of aromatic nitrogens is 1. The van der Waals surface area contributed by atoms with Crippen LogP contribution >= 0.6 is 35.1 Å². The standard InChI is InChI=1S/C9H9NOS3/c1-9(12,14-13)8-10-6-4-2-3-5-7(6)11-8/h2-5,12-13H,1H3. The highest BCUT2D eigenvalue weighted by Gasteiger charge is 2.27. The minimum absolute atomic E-state index is 0.498. The van der Waals surface area contributed by atoms with Crippen molar-refractivity contribution in [2.24, 2.45) is 0 Å². The van der Waals surface area contributed by atoms with Crippen LogP contribution in [0.3, 0.4) is 0 Å². The Labute approximate surface area is 96.7 Å². The summed E-state index contributed by atoms with van der Waals surface area (Å²) in [6, 6.07) is 7.65. The van der Waals surface area contributed by atoms with E-state index in [1.807, 2.05) is 31.2 Å². The second-order valence-corrected chi connectivity index (χ2v) is 5.80. The van der Waals surface area contributed by atoms with Gasteiger partial charge in [0, 0.05) is 0 Å². The van der Waals surface area contributed by atoms with Gasteiger partial charge in [-0.3, -0.25) is 0 Å². The molecule has 74 valence electrons. The molecule has 0 spiro atoms. The van der Waals surface area contributed by atoms with E-state index in [-0.39, 0.29) is 0 Å². The summed E-state index contributed by atoms with van der Waals surface area (Å²) in [4.78, 5) is 4.34. The Morgan fingerprint density at radius 3 is 2.79 bits per heavy atom. The lowest BCUT2D eigenvalue weighted by molar-refractivity contribution is 0.523. The molecule has 5 heteroatoms. The Morgan fingerprint density at radius 2 is 2.14 bits per heavy atom. The van der Waals surface area contributed by atoms with Crippen LogP contribution in [-0.2, 0) is 4.08 Å². The van der Waals surface area contributed by atoms with Gasteiger partial charge in [0.25, 0.3) is 0 Å². The third-order valence-corrected chi connectivity index (χ3v) is 4.39. The number of oxazole rings is 1. The van der Waals surface area contributed by atoms with E-state index >= 15 is 0 Å². The van der Waals surface area contributed by atoms with Crippen LogP contribution < -0.4 is 0 Å². The lowest BCUT2D eigenvalue weighted by atomic mass is 10.3. The third-order valence-electron chi connectivity index (χ3n) is 1.87. The Hall–Kier alpha value is -0.260. The van der Waals surface area contributed by atoms with Gasteiger partial charge >= 0.3 is 0 Å². The molecule has 1 atom stereocenters. The fourth-order valence-electron chi connectivity index (χ4n) is 1.11. The van der Waals surface area contributed by atoms with E-state index in [4.69, 9.17) is 4.42 Å². The quantitative estimate of drug-likeness (QED) is 0.480. The minimum atomic E-state index is -0.498. The van der Waals surface area contributed by atoms with Crippen molar-refractivity contribution in [3.8, 4) is 0 Å². The third kappa shape index (κ3) is 1.76. The molecule has 1 unspecified atom stereocenters. The Balaban J connectivity index is 2.55. The van der Waals surface area contributed by atoms with E-state index in [0.717, 1.165) is 11.1 Å². The molecule has 0 radical (unpaired) electrons. The summed E-state index contributed by atoms with van der Waals surface area (Å²) in [6.45, 7) is 1.90. The van der Waals surface area contributed by atoms with Crippen LogP contribution in [0.4, 0.5) is 0 Å². The topological polar surface area (TPSA) is 26.0 Å². The molecule has 0 saturated heterocycles. The van der Waals surface area contributed by atoms with Crippen molar-refractivity contribution >= 4 is 46.2 Å². The van der Waals surface area contributed by atoms with Gasteiger partial charge in [-0.25, -0.2) is 4.98 Å². The molecule has 1 aromatic heterocycles. The lowest BCUT2D eigenvalue weighted by Gasteiger charge is -2.14. The smallest absolute Gasteiger partial charge is 0.222 e. The zero-order valence-electron chi connectivity index (χ0n) is 7.47. The van der Waals surface area contributed by atoms with Gasteiger partial charge in [-0.05, 0) is 19.1 Å². The summed E-state index contributed by atoms with van der Waals surface area (Å²) in [6.07, 6.45) is 0. The van der Waals surface area contributed by atoms with Crippen LogP contribution in [0.2, 0.25) is 0 Å². The van der Waals surface area contributed by atoms with Crippen LogP contribution in [-0.4, -0.2) is 4.98 Å². The van der Waals surface area contributed by atoms with Crippen molar-refractivity contribution < 1.29 is 4.42 Å². The number of hydrogen-bond donors (Lipinski definition) is 2. The molecule has 0 fully saturated rings. The summed E-state index contributed by atoms with van der Waals surface area (Å²) in [5.41, 5.74) is 1.63. The lowest BCUT2D eigenvalue weighted by Crippen LogP contribution is -2.06. The molecule has 0 aliphatic carbocycles. The first kappa shape index (κ1) is 10.3. The monoisotopic (exact) mass is 243 g/mol. The number of hydrogen-bond acceptors (Lipinski definition) is 5. The van der Waals surface area contributed by atoms with Crippen molar-refractivity contribution in [2.75, 3.05) is 0 Å². The Kier molecular flexibility index (Phi) is 2.72. The summed E-state index contributed by atoms with van der Waals surface area (Å²) in [5.74, 6) is 0.585. The average molecular weight is 243 g/mol. The van der Waals surface area contributed by atoms with E-state index < -0.39 is 4.08 Å². The van der Waals surface area contributed by atoms with Crippen molar-refractivity contribution in [1.82, 2.24) is 4.98 Å². The van der Waals surface area contributed by atoms with Gasteiger partial charge in [-0.1, -0.05) is 22.9 Å². The van der Waals surface area contributed by atoms with Crippen molar-refractivity contribution in [2.45, 2.75) is 11.0 Å². The second kappa shape index (κ2) is 3.72. The van der Waals surface area contributed by atoms with Crippen LogP contribution in [0, 0.1) is 0 Å². The number of para-hydroxylation sites is 2. The molecular formula is C9H9NOS3. The van der Waals surface area contributed by atoms with Crippen LogP contribution in [0.15, 0.2) is 28.7 Å². The Morgan fingerprint density at radius 1 is 1.43 bits per heavy atom. The highest BCUT2D eigenvalue weighted by molar-refractivity contribution is 8.70. The number of fused-ring (bicyclic) bond motifs is 1. The maximum atomic E-state index is 5.57. The zero-order chi connectivity index (χ0) is 10.2. The van der Waals surface area contributed by atoms with Gasteiger partial charge in [-0.15, -0.1) is 11.7 Å². The van der Waals surface area contributed by atoms with Crippen molar-refractivity contribution in [3.05, 3.63) is 30.2 Å². The molecule has 0 saturated carbocycles.